The first-order valence-corrected chi connectivity index (χ1v) is 5.63. The first-order valence-electron chi connectivity index (χ1n) is 5.63. The van der Waals surface area contributed by atoms with Crippen molar-refractivity contribution in [3.8, 4) is 0 Å². The van der Waals surface area contributed by atoms with Crippen molar-refractivity contribution in [1.82, 2.24) is 9.97 Å². The highest BCUT2D eigenvalue weighted by Gasteiger charge is 2.40. The molecule has 0 atom stereocenters. The number of carbonyl (C=O) groups excluding carboxylic acids is 2. The molecule has 20 heavy (non-hydrogen) atoms. The van der Waals surface area contributed by atoms with Gasteiger partial charge < -0.3 is 5.11 Å². The Bertz CT molecular complexity index is 722. The van der Waals surface area contributed by atoms with Gasteiger partial charge in [0.05, 0.1) is 5.56 Å². The van der Waals surface area contributed by atoms with E-state index in [0.29, 0.717) is 0 Å². The van der Waals surface area contributed by atoms with E-state index in [1.165, 1.54) is 36.7 Å². The Morgan fingerprint density at radius 2 is 1.75 bits per heavy atom. The van der Waals surface area contributed by atoms with Crippen LogP contribution in [-0.2, 0) is 0 Å². The number of nitrogens with zero attached hydrogens (tertiary/aromatic N) is 3. The molecule has 0 spiro atoms. The zero-order valence-electron chi connectivity index (χ0n) is 9.98. The number of pyridine rings is 2. The molecule has 0 saturated carbocycles. The van der Waals surface area contributed by atoms with Gasteiger partial charge in [-0.05, 0) is 24.3 Å². The average molecular weight is 269 g/mol. The van der Waals surface area contributed by atoms with Gasteiger partial charge in [-0.3, -0.25) is 14.6 Å². The highest BCUT2D eigenvalue weighted by Crippen LogP contribution is 2.27. The zero-order valence-corrected chi connectivity index (χ0v) is 9.98. The molecule has 7 nitrogen and oxygen atoms in total. The number of carbonyl (C=O) groups is 3. The molecular weight excluding hydrogens is 262 g/mol. The number of aromatic carboxylic acids is 1. The lowest BCUT2D eigenvalue weighted by atomic mass is 10.2. The van der Waals surface area contributed by atoms with Crippen LogP contribution in [0.4, 0.5) is 5.82 Å². The maximum atomic E-state index is 12.2. The van der Waals surface area contributed by atoms with Crippen molar-refractivity contribution in [3.63, 3.8) is 0 Å². The van der Waals surface area contributed by atoms with Crippen molar-refractivity contribution in [1.29, 1.82) is 0 Å². The third-order valence-corrected chi connectivity index (χ3v) is 2.88. The molecule has 0 unspecified atom stereocenters. The quantitative estimate of drug-likeness (QED) is 0.815. The molecule has 0 fully saturated rings. The molecule has 7 heteroatoms. The number of anilines is 1. The predicted molar refractivity (Wildman–Crippen MR) is 66.6 cm³/mol. The van der Waals surface area contributed by atoms with Crippen LogP contribution in [0.2, 0.25) is 0 Å². The van der Waals surface area contributed by atoms with E-state index in [1.54, 1.807) is 0 Å². The minimum absolute atomic E-state index is 0.000471. The molecule has 1 N–H and O–H groups in total. The van der Waals surface area contributed by atoms with Crippen LogP contribution in [0.5, 0.6) is 0 Å². The summed E-state index contributed by atoms with van der Waals surface area (Å²) in [4.78, 5) is 44.0. The van der Waals surface area contributed by atoms with Crippen LogP contribution in [0, 0.1) is 0 Å². The molecule has 2 aromatic rings. The second-order valence-electron chi connectivity index (χ2n) is 4.03. The van der Waals surface area contributed by atoms with E-state index in [9.17, 15) is 14.4 Å². The third-order valence-electron chi connectivity index (χ3n) is 2.88. The molecule has 3 heterocycles. The van der Waals surface area contributed by atoms with Gasteiger partial charge in [-0.25, -0.2) is 14.7 Å². The summed E-state index contributed by atoms with van der Waals surface area (Å²) in [5.74, 6) is -2.77. The molecule has 3 rings (SSSR count). The lowest BCUT2D eigenvalue weighted by Gasteiger charge is -2.14. The fourth-order valence-electron chi connectivity index (χ4n) is 2.00. The highest BCUT2D eigenvalue weighted by atomic mass is 16.4. The Labute approximate surface area is 112 Å². The van der Waals surface area contributed by atoms with Crippen molar-refractivity contribution in [2.45, 2.75) is 0 Å². The van der Waals surface area contributed by atoms with Crippen molar-refractivity contribution >= 4 is 23.6 Å². The molecule has 2 aromatic heterocycles. The molecule has 1 aliphatic rings. The SMILES string of the molecule is O=C(O)c1cccnc1N1C(=O)c2cccnc2C1=O. The van der Waals surface area contributed by atoms with E-state index < -0.39 is 17.8 Å². The van der Waals surface area contributed by atoms with E-state index in [2.05, 4.69) is 9.97 Å². The summed E-state index contributed by atoms with van der Waals surface area (Å²) in [6.07, 6.45) is 2.71. The minimum Gasteiger partial charge on any atom is -0.478 e. The molecule has 0 aliphatic carbocycles. The number of fused-ring (bicyclic) bond motifs is 1. The van der Waals surface area contributed by atoms with Crippen molar-refractivity contribution in [2.24, 2.45) is 0 Å². The van der Waals surface area contributed by atoms with Crippen LogP contribution >= 0.6 is 0 Å². The van der Waals surface area contributed by atoms with Crippen LogP contribution in [0.15, 0.2) is 36.7 Å². The Morgan fingerprint density at radius 3 is 2.45 bits per heavy atom. The average Bonchev–Trinajstić information content (AvgIpc) is 2.71. The van der Waals surface area contributed by atoms with Gasteiger partial charge >= 0.3 is 5.97 Å². The van der Waals surface area contributed by atoms with Crippen molar-refractivity contribution < 1.29 is 19.5 Å². The molecule has 0 bridgehead atoms. The Morgan fingerprint density at radius 1 is 1.05 bits per heavy atom. The summed E-state index contributed by atoms with van der Waals surface area (Å²) in [5.41, 5.74) is -0.0824. The fourth-order valence-corrected chi connectivity index (χ4v) is 2.00. The topological polar surface area (TPSA) is 100 Å². The Balaban J connectivity index is 2.17. The zero-order chi connectivity index (χ0) is 14.3. The molecule has 0 radical (unpaired) electrons. The van der Waals surface area contributed by atoms with Gasteiger partial charge in [0.1, 0.15) is 11.3 Å². The molecular formula is C13H7N3O4. The summed E-state index contributed by atoms with van der Waals surface area (Å²) >= 11 is 0. The Hall–Kier alpha value is -3.09. The van der Waals surface area contributed by atoms with Gasteiger partial charge in [0.25, 0.3) is 11.8 Å². The maximum absolute atomic E-state index is 12.2. The molecule has 1 aliphatic heterocycles. The molecule has 98 valence electrons. The van der Waals surface area contributed by atoms with Crippen LogP contribution in [0.1, 0.15) is 31.2 Å². The number of hydrogen-bond donors (Lipinski definition) is 1. The lowest BCUT2D eigenvalue weighted by Crippen LogP contribution is -2.32. The summed E-state index contributed by atoms with van der Waals surface area (Å²) in [6, 6.07) is 5.70. The first-order chi connectivity index (χ1) is 9.61. The van der Waals surface area contributed by atoms with Crippen LogP contribution < -0.4 is 4.90 Å². The summed E-state index contributed by atoms with van der Waals surface area (Å²) < 4.78 is 0. The van der Waals surface area contributed by atoms with Crippen molar-refractivity contribution in [2.75, 3.05) is 4.90 Å². The third kappa shape index (κ3) is 1.57. The van der Waals surface area contributed by atoms with E-state index >= 15 is 0 Å². The van der Waals surface area contributed by atoms with Gasteiger partial charge in [-0.1, -0.05) is 0 Å². The van der Waals surface area contributed by atoms with Crippen molar-refractivity contribution in [3.05, 3.63) is 53.5 Å². The highest BCUT2D eigenvalue weighted by molar-refractivity contribution is 6.34. The number of aromatic nitrogens is 2. The predicted octanol–water partition coefficient (Wildman–Crippen LogP) is 0.975. The first kappa shape index (κ1) is 12.0. The minimum atomic E-state index is -1.27. The van der Waals surface area contributed by atoms with Gasteiger partial charge in [-0.15, -0.1) is 0 Å². The normalized spacial score (nSPS) is 13.5. The standard InChI is InChI=1S/C13H7N3O4/c17-11-7-3-1-5-14-9(7)12(18)16(11)10-8(13(19)20)4-2-6-15-10/h1-6H,(H,19,20). The number of carboxylic acids is 1. The van der Waals surface area contributed by atoms with E-state index in [0.717, 1.165) is 4.90 Å². The molecule has 2 amide bonds. The largest absolute Gasteiger partial charge is 0.478 e. The van der Waals surface area contributed by atoms with E-state index in [4.69, 9.17) is 5.11 Å². The van der Waals surface area contributed by atoms with Gasteiger partial charge in [0, 0.05) is 12.4 Å². The second-order valence-corrected chi connectivity index (χ2v) is 4.03. The van der Waals surface area contributed by atoms with E-state index in [1.807, 2.05) is 0 Å². The molecule has 0 aromatic carbocycles. The van der Waals surface area contributed by atoms with Gasteiger partial charge in [0.15, 0.2) is 5.82 Å². The number of hydrogen-bond acceptors (Lipinski definition) is 5. The monoisotopic (exact) mass is 269 g/mol. The molecule has 0 saturated heterocycles. The van der Waals surface area contributed by atoms with Gasteiger partial charge in [-0.2, -0.15) is 0 Å². The summed E-state index contributed by atoms with van der Waals surface area (Å²) in [7, 11) is 0. The van der Waals surface area contributed by atoms with E-state index in [-0.39, 0.29) is 22.6 Å². The van der Waals surface area contributed by atoms with Gasteiger partial charge in [0.2, 0.25) is 0 Å². The summed E-state index contributed by atoms with van der Waals surface area (Å²) in [6.45, 7) is 0. The number of rotatable bonds is 2. The second kappa shape index (κ2) is 4.23. The fraction of sp³-hybridized carbons (Fsp3) is 0. The number of imide groups is 1. The van der Waals surface area contributed by atoms with Crippen LogP contribution in [0.3, 0.4) is 0 Å². The number of amides is 2. The smallest absolute Gasteiger partial charge is 0.339 e. The van der Waals surface area contributed by atoms with Crippen LogP contribution in [0.25, 0.3) is 0 Å². The summed E-state index contributed by atoms with van der Waals surface area (Å²) in [5, 5.41) is 9.11. The Kier molecular flexibility index (Phi) is 2.53. The maximum Gasteiger partial charge on any atom is 0.339 e. The number of carboxylic acid groups (broad SMARTS) is 1. The lowest BCUT2D eigenvalue weighted by molar-refractivity contribution is 0.0697. The van der Waals surface area contributed by atoms with Crippen LogP contribution in [-0.4, -0.2) is 32.9 Å².